The SMILES string of the molecule is CN1CCN(c2cc3c(cc2F)c(=O)c(C(=O)O)c2n3CCS2)CC1. The molecule has 1 aromatic carbocycles. The summed E-state index contributed by atoms with van der Waals surface area (Å²) in [5.74, 6) is -1.02. The second-order valence-electron chi connectivity index (χ2n) is 6.43. The second kappa shape index (κ2) is 6.03. The lowest BCUT2D eigenvalue weighted by Gasteiger charge is -2.34. The molecule has 0 unspecified atom stereocenters. The largest absolute Gasteiger partial charge is 0.477 e. The number of carboxylic acid groups (broad SMARTS) is 1. The number of nitrogens with zero attached hydrogens (tertiary/aromatic N) is 3. The highest BCUT2D eigenvalue weighted by Crippen LogP contribution is 2.34. The Bertz CT molecular complexity index is 935. The molecular weight excluding hydrogens is 345 g/mol. The van der Waals surface area contributed by atoms with Gasteiger partial charge in [0.25, 0.3) is 0 Å². The van der Waals surface area contributed by atoms with Gasteiger partial charge in [-0.25, -0.2) is 9.18 Å². The summed E-state index contributed by atoms with van der Waals surface area (Å²) in [6, 6.07) is 2.91. The number of piperazine rings is 1. The van der Waals surface area contributed by atoms with E-state index in [-0.39, 0.29) is 10.9 Å². The van der Waals surface area contributed by atoms with Crippen LogP contribution in [0.4, 0.5) is 10.1 Å². The Hall–Kier alpha value is -2.06. The summed E-state index contributed by atoms with van der Waals surface area (Å²) >= 11 is 1.37. The van der Waals surface area contributed by atoms with Crippen molar-refractivity contribution < 1.29 is 14.3 Å². The minimum atomic E-state index is -1.26. The van der Waals surface area contributed by atoms with Gasteiger partial charge in [-0.1, -0.05) is 0 Å². The first-order chi connectivity index (χ1) is 12.0. The molecule has 8 heteroatoms. The van der Waals surface area contributed by atoms with Crippen molar-refractivity contribution in [1.29, 1.82) is 0 Å². The fraction of sp³-hybridized carbons (Fsp3) is 0.412. The number of thioether (sulfide) groups is 1. The normalized spacial score (nSPS) is 17.9. The van der Waals surface area contributed by atoms with Crippen molar-refractivity contribution in [3.8, 4) is 0 Å². The molecule has 0 atom stereocenters. The highest BCUT2D eigenvalue weighted by molar-refractivity contribution is 7.99. The Kier molecular flexibility index (Phi) is 3.96. The highest BCUT2D eigenvalue weighted by Gasteiger charge is 2.27. The summed E-state index contributed by atoms with van der Waals surface area (Å²) in [6.07, 6.45) is 0. The fourth-order valence-electron chi connectivity index (χ4n) is 3.52. The van der Waals surface area contributed by atoms with Gasteiger partial charge in [0.1, 0.15) is 11.4 Å². The third kappa shape index (κ3) is 2.60. The van der Waals surface area contributed by atoms with Gasteiger partial charge in [-0.2, -0.15) is 0 Å². The summed E-state index contributed by atoms with van der Waals surface area (Å²) in [5.41, 5.74) is 0.244. The number of benzene rings is 1. The number of carbonyl (C=O) groups is 1. The van der Waals surface area contributed by atoms with E-state index >= 15 is 0 Å². The summed E-state index contributed by atoms with van der Waals surface area (Å²) in [4.78, 5) is 28.3. The van der Waals surface area contributed by atoms with E-state index in [4.69, 9.17) is 0 Å². The maximum Gasteiger partial charge on any atom is 0.342 e. The van der Waals surface area contributed by atoms with Gasteiger partial charge in [0.05, 0.1) is 16.2 Å². The molecule has 1 saturated heterocycles. The van der Waals surface area contributed by atoms with Crippen molar-refractivity contribution in [1.82, 2.24) is 9.47 Å². The molecule has 25 heavy (non-hydrogen) atoms. The predicted octanol–water partition coefficient (Wildman–Crippen LogP) is 1.70. The molecule has 0 aliphatic carbocycles. The Balaban J connectivity index is 1.93. The fourth-order valence-corrected chi connectivity index (χ4v) is 4.65. The number of pyridine rings is 1. The number of fused-ring (bicyclic) bond motifs is 3. The van der Waals surface area contributed by atoms with E-state index in [1.807, 2.05) is 16.5 Å². The number of hydrogen-bond acceptors (Lipinski definition) is 5. The Morgan fingerprint density at radius 3 is 2.60 bits per heavy atom. The van der Waals surface area contributed by atoms with E-state index < -0.39 is 17.2 Å². The number of halogens is 1. The lowest BCUT2D eigenvalue weighted by atomic mass is 10.1. The number of aromatic carboxylic acids is 1. The van der Waals surface area contributed by atoms with Crippen LogP contribution in [0.25, 0.3) is 10.9 Å². The predicted molar refractivity (Wildman–Crippen MR) is 95.6 cm³/mol. The first-order valence-electron chi connectivity index (χ1n) is 8.17. The summed E-state index contributed by atoms with van der Waals surface area (Å²) in [7, 11) is 2.03. The number of aryl methyl sites for hydroxylation is 1. The summed E-state index contributed by atoms with van der Waals surface area (Å²) in [6.45, 7) is 3.76. The van der Waals surface area contributed by atoms with E-state index in [0.717, 1.165) is 26.2 Å². The molecule has 1 aromatic heterocycles. The monoisotopic (exact) mass is 363 g/mol. The first kappa shape index (κ1) is 16.4. The third-order valence-corrected chi connectivity index (χ3v) is 5.98. The number of carboxylic acids is 1. The molecule has 0 bridgehead atoms. The van der Waals surface area contributed by atoms with Crippen LogP contribution < -0.4 is 10.3 Å². The molecule has 0 radical (unpaired) electrons. The van der Waals surface area contributed by atoms with E-state index in [0.29, 0.717) is 28.5 Å². The molecule has 4 rings (SSSR count). The second-order valence-corrected chi connectivity index (χ2v) is 7.51. The summed E-state index contributed by atoms with van der Waals surface area (Å²) < 4.78 is 16.5. The van der Waals surface area contributed by atoms with Crippen LogP contribution in [0.3, 0.4) is 0 Å². The molecule has 0 saturated carbocycles. The number of aromatic nitrogens is 1. The molecule has 2 aliphatic rings. The zero-order valence-electron chi connectivity index (χ0n) is 13.8. The maximum atomic E-state index is 14.7. The minimum Gasteiger partial charge on any atom is -0.477 e. The number of likely N-dealkylation sites (N-methyl/N-ethyl adjacent to an activating group) is 1. The van der Waals surface area contributed by atoms with Crippen LogP contribution >= 0.6 is 11.8 Å². The van der Waals surface area contributed by atoms with Crippen LogP contribution in [-0.2, 0) is 6.54 Å². The molecule has 2 aromatic rings. The van der Waals surface area contributed by atoms with Gasteiger partial charge in [-0.15, -0.1) is 11.8 Å². The maximum absolute atomic E-state index is 14.7. The van der Waals surface area contributed by atoms with Gasteiger partial charge in [0.15, 0.2) is 0 Å². The average Bonchev–Trinajstić information content (AvgIpc) is 3.04. The highest BCUT2D eigenvalue weighted by atomic mass is 32.2. The molecule has 6 nitrogen and oxygen atoms in total. The number of anilines is 1. The average molecular weight is 363 g/mol. The van der Waals surface area contributed by atoms with Crippen molar-refractivity contribution in [3.63, 3.8) is 0 Å². The van der Waals surface area contributed by atoms with Crippen molar-refractivity contribution in [3.05, 3.63) is 33.7 Å². The van der Waals surface area contributed by atoms with Crippen LogP contribution in [0.5, 0.6) is 0 Å². The Morgan fingerprint density at radius 1 is 1.20 bits per heavy atom. The van der Waals surface area contributed by atoms with E-state index in [1.54, 1.807) is 6.07 Å². The van der Waals surface area contributed by atoms with E-state index in [2.05, 4.69) is 4.90 Å². The summed E-state index contributed by atoms with van der Waals surface area (Å²) in [5, 5.41) is 10.0. The van der Waals surface area contributed by atoms with Crippen LogP contribution in [0.1, 0.15) is 10.4 Å². The first-order valence-corrected chi connectivity index (χ1v) is 9.15. The van der Waals surface area contributed by atoms with E-state index in [1.165, 1.54) is 17.8 Å². The van der Waals surface area contributed by atoms with Crippen molar-refractivity contribution in [2.75, 3.05) is 43.9 Å². The molecule has 132 valence electrons. The van der Waals surface area contributed by atoms with Crippen LogP contribution in [0.2, 0.25) is 0 Å². The zero-order valence-corrected chi connectivity index (χ0v) is 14.6. The van der Waals surface area contributed by atoms with Gasteiger partial charge in [-0.3, -0.25) is 4.79 Å². The molecule has 2 aliphatic heterocycles. The van der Waals surface area contributed by atoms with Crippen LogP contribution in [0.15, 0.2) is 22.0 Å². The van der Waals surface area contributed by atoms with Crippen LogP contribution in [-0.4, -0.2) is 59.5 Å². The standard InChI is InChI=1S/C17H18FN3O3S/c1-19-2-4-20(5-3-19)13-9-12-10(8-11(13)18)15(22)14(17(23)24)16-21(12)6-7-25-16/h8-9H,2-7H2,1H3,(H,23,24). The quantitative estimate of drug-likeness (QED) is 0.876. The lowest BCUT2D eigenvalue weighted by molar-refractivity contribution is 0.0690. The van der Waals surface area contributed by atoms with Gasteiger partial charge in [0, 0.05) is 43.9 Å². The van der Waals surface area contributed by atoms with Gasteiger partial charge in [0.2, 0.25) is 5.43 Å². The molecular formula is C17H18FN3O3S. The van der Waals surface area contributed by atoms with Crippen molar-refractivity contribution >= 4 is 34.3 Å². The number of rotatable bonds is 2. The minimum absolute atomic E-state index is 0.138. The third-order valence-electron chi connectivity index (χ3n) is 4.90. The zero-order chi connectivity index (χ0) is 17.7. The van der Waals surface area contributed by atoms with Crippen molar-refractivity contribution in [2.24, 2.45) is 0 Å². The molecule has 1 fully saturated rings. The van der Waals surface area contributed by atoms with Gasteiger partial charge >= 0.3 is 5.97 Å². The van der Waals surface area contributed by atoms with Crippen molar-refractivity contribution in [2.45, 2.75) is 11.6 Å². The Labute approximate surface area is 147 Å². The van der Waals surface area contributed by atoms with Crippen LogP contribution in [0, 0.1) is 5.82 Å². The van der Waals surface area contributed by atoms with Gasteiger partial charge in [-0.05, 0) is 19.2 Å². The lowest BCUT2D eigenvalue weighted by Crippen LogP contribution is -2.44. The molecule has 0 spiro atoms. The topological polar surface area (TPSA) is 65.8 Å². The molecule has 3 heterocycles. The Morgan fingerprint density at radius 2 is 1.92 bits per heavy atom. The van der Waals surface area contributed by atoms with E-state index in [9.17, 15) is 19.1 Å². The molecule has 1 N–H and O–H groups in total. The number of hydrogen-bond donors (Lipinski definition) is 1. The van der Waals surface area contributed by atoms with Gasteiger partial charge < -0.3 is 19.5 Å². The smallest absolute Gasteiger partial charge is 0.342 e. The molecule has 0 amide bonds.